The zero-order valence-corrected chi connectivity index (χ0v) is 9.29. The van der Waals surface area contributed by atoms with Crippen molar-refractivity contribution in [3.63, 3.8) is 0 Å². The maximum atomic E-state index is 11.6. The number of amides is 1. The molecule has 0 aromatic carbocycles. The minimum absolute atomic E-state index is 0.200. The Bertz CT molecular complexity index is 327. The molecule has 1 N–H and O–H groups in total. The number of hydrogen-bond donors (Lipinski definition) is 1. The van der Waals surface area contributed by atoms with Crippen molar-refractivity contribution in [2.24, 2.45) is 11.8 Å². The van der Waals surface area contributed by atoms with E-state index in [4.69, 9.17) is 0 Å². The van der Waals surface area contributed by atoms with Gasteiger partial charge in [-0.2, -0.15) is 0 Å². The predicted octanol–water partition coefficient (Wildman–Crippen LogP) is 0.629. The molecule has 3 heteroatoms. The average molecular weight is 207 g/mol. The molecular weight excluding hydrogens is 190 g/mol. The maximum Gasteiger partial charge on any atom is 0.225 e. The highest BCUT2D eigenvalue weighted by molar-refractivity contribution is 5.82. The summed E-state index contributed by atoms with van der Waals surface area (Å²) in [5.74, 6) is 6.51. The highest BCUT2D eigenvalue weighted by Gasteiger charge is 2.46. The molecule has 2 fully saturated rings. The van der Waals surface area contributed by atoms with E-state index in [0.29, 0.717) is 13.1 Å². The molecule has 1 saturated carbocycles. The van der Waals surface area contributed by atoms with Crippen LogP contribution in [-0.2, 0) is 4.79 Å². The number of nitrogens with zero attached hydrogens (tertiary/aromatic N) is 1. The Morgan fingerprint density at radius 1 is 1.47 bits per heavy atom. The Kier molecular flexibility index (Phi) is 2.47. The summed E-state index contributed by atoms with van der Waals surface area (Å²) >= 11 is 0. The van der Waals surface area contributed by atoms with Gasteiger partial charge in [0.2, 0.25) is 5.91 Å². The fraction of sp³-hybridized carbons (Fsp3) is 0.750. The second-order valence-electron chi connectivity index (χ2n) is 4.92. The van der Waals surface area contributed by atoms with Gasteiger partial charge in [0, 0.05) is 11.8 Å². The van der Waals surface area contributed by atoms with Gasteiger partial charge in [-0.05, 0) is 12.8 Å². The molecule has 0 spiro atoms. The molecule has 0 unspecified atom stereocenters. The summed E-state index contributed by atoms with van der Waals surface area (Å²) in [6, 6.07) is 0. The summed E-state index contributed by atoms with van der Waals surface area (Å²) in [4.78, 5) is 13.3. The van der Waals surface area contributed by atoms with Gasteiger partial charge in [-0.15, -0.1) is 0 Å². The minimum Gasteiger partial charge on any atom is -0.374 e. The Labute approximate surface area is 90.5 Å². The predicted molar refractivity (Wildman–Crippen MR) is 56.9 cm³/mol. The summed E-state index contributed by atoms with van der Waals surface area (Å²) in [6.07, 6.45) is 2.04. The molecule has 2 aliphatic rings. The molecule has 1 amide bonds. The smallest absolute Gasteiger partial charge is 0.225 e. The summed E-state index contributed by atoms with van der Waals surface area (Å²) in [5, 5.41) is 9.91. The van der Waals surface area contributed by atoms with E-state index in [0.717, 1.165) is 12.8 Å². The number of hydrogen-bond acceptors (Lipinski definition) is 2. The Hall–Kier alpha value is -1.01. The van der Waals surface area contributed by atoms with Gasteiger partial charge in [0.25, 0.3) is 0 Å². The van der Waals surface area contributed by atoms with E-state index >= 15 is 0 Å². The largest absolute Gasteiger partial charge is 0.374 e. The van der Waals surface area contributed by atoms with Crippen LogP contribution in [0, 0.1) is 23.7 Å². The van der Waals surface area contributed by atoms with Gasteiger partial charge in [-0.25, -0.2) is 0 Å². The van der Waals surface area contributed by atoms with Crippen LogP contribution in [-0.4, -0.2) is 34.6 Å². The van der Waals surface area contributed by atoms with Gasteiger partial charge < -0.3 is 10.0 Å². The van der Waals surface area contributed by atoms with E-state index in [1.165, 1.54) is 0 Å². The van der Waals surface area contributed by atoms with Gasteiger partial charge in [0.05, 0.1) is 13.1 Å². The zero-order chi connectivity index (χ0) is 11.1. The lowest BCUT2D eigenvalue weighted by Gasteiger charge is -2.43. The number of likely N-dealkylation sites (tertiary alicyclic amines) is 1. The van der Waals surface area contributed by atoms with Crippen molar-refractivity contribution in [1.29, 1.82) is 0 Å². The summed E-state index contributed by atoms with van der Waals surface area (Å²) in [5.41, 5.74) is -0.936. The first kappa shape index (κ1) is 10.5. The van der Waals surface area contributed by atoms with Gasteiger partial charge in [0.1, 0.15) is 0 Å². The maximum absolute atomic E-state index is 11.6. The molecule has 0 aromatic rings. The molecule has 1 heterocycles. The standard InChI is InChI=1S/C12H17NO2/c1-9(2)5-6-12(15)7-13(8-12)11(14)10-3-4-10/h9-10,15H,3-4,7-8H2,1-2H3. The van der Waals surface area contributed by atoms with Gasteiger partial charge in [-0.3, -0.25) is 4.79 Å². The monoisotopic (exact) mass is 207 g/mol. The zero-order valence-electron chi connectivity index (χ0n) is 9.29. The first-order chi connectivity index (χ1) is 7.00. The third-order valence-electron chi connectivity index (χ3n) is 2.74. The SMILES string of the molecule is CC(C)C#CC1(O)CN(C(=O)C2CC2)C1. The van der Waals surface area contributed by atoms with Crippen LogP contribution in [0.4, 0.5) is 0 Å². The van der Waals surface area contributed by atoms with Crippen LogP contribution in [0.1, 0.15) is 26.7 Å². The van der Waals surface area contributed by atoms with Crippen molar-refractivity contribution >= 4 is 5.91 Å². The fourth-order valence-corrected chi connectivity index (χ4v) is 1.69. The number of carbonyl (C=O) groups excluding carboxylic acids is 1. The van der Waals surface area contributed by atoms with Crippen molar-refractivity contribution in [3.05, 3.63) is 0 Å². The Morgan fingerprint density at radius 3 is 2.53 bits per heavy atom. The number of β-amino-alcohol motifs (C(OH)–C–C–N with tert-alkyl or cyclic N) is 1. The molecule has 1 aliphatic carbocycles. The lowest BCUT2D eigenvalue weighted by Crippen LogP contribution is -2.63. The average Bonchev–Trinajstić information content (AvgIpc) is 2.92. The van der Waals surface area contributed by atoms with Crippen LogP contribution in [0.3, 0.4) is 0 Å². The minimum atomic E-state index is -0.936. The molecule has 0 bridgehead atoms. The molecule has 3 nitrogen and oxygen atoms in total. The van der Waals surface area contributed by atoms with Crippen molar-refractivity contribution in [3.8, 4) is 11.8 Å². The van der Waals surface area contributed by atoms with Crippen molar-refractivity contribution in [2.45, 2.75) is 32.3 Å². The molecule has 2 rings (SSSR count). The van der Waals surface area contributed by atoms with Crippen LogP contribution in [0.5, 0.6) is 0 Å². The normalized spacial score (nSPS) is 23.1. The van der Waals surface area contributed by atoms with E-state index in [-0.39, 0.29) is 17.7 Å². The van der Waals surface area contributed by atoms with Crippen LogP contribution in [0.25, 0.3) is 0 Å². The van der Waals surface area contributed by atoms with Crippen molar-refractivity contribution in [1.82, 2.24) is 4.90 Å². The molecule has 0 radical (unpaired) electrons. The van der Waals surface area contributed by atoms with Gasteiger partial charge >= 0.3 is 0 Å². The first-order valence-corrected chi connectivity index (χ1v) is 5.54. The third-order valence-corrected chi connectivity index (χ3v) is 2.74. The molecule has 1 saturated heterocycles. The molecule has 0 atom stereocenters. The summed E-state index contributed by atoms with van der Waals surface area (Å²) < 4.78 is 0. The number of carbonyl (C=O) groups is 1. The van der Waals surface area contributed by atoms with E-state index in [1.807, 2.05) is 13.8 Å². The second kappa shape index (κ2) is 3.53. The molecule has 82 valence electrons. The quantitative estimate of drug-likeness (QED) is 0.641. The second-order valence-corrected chi connectivity index (χ2v) is 4.92. The lowest BCUT2D eigenvalue weighted by atomic mass is 9.93. The topological polar surface area (TPSA) is 40.5 Å². The highest BCUT2D eigenvalue weighted by Crippen LogP contribution is 2.34. The highest BCUT2D eigenvalue weighted by atomic mass is 16.3. The summed E-state index contributed by atoms with van der Waals surface area (Å²) in [7, 11) is 0. The van der Waals surface area contributed by atoms with Crippen molar-refractivity contribution in [2.75, 3.05) is 13.1 Å². The third kappa shape index (κ3) is 2.32. The van der Waals surface area contributed by atoms with Gasteiger partial charge in [0.15, 0.2) is 5.60 Å². The Morgan fingerprint density at radius 2 is 2.07 bits per heavy atom. The van der Waals surface area contributed by atoms with Crippen LogP contribution in [0.15, 0.2) is 0 Å². The molecular formula is C12H17NO2. The van der Waals surface area contributed by atoms with Crippen LogP contribution in [0.2, 0.25) is 0 Å². The molecule has 1 aliphatic heterocycles. The van der Waals surface area contributed by atoms with E-state index in [1.54, 1.807) is 4.90 Å². The number of rotatable bonds is 1. The van der Waals surface area contributed by atoms with Gasteiger partial charge in [-0.1, -0.05) is 25.7 Å². The molecule has 0 aromatic heterocycles. The van der Waals surface area contributed by atoms with E-state index < -0.39 is 5.60 Å². The van der Waals surface area contributed by atoms with E-state index in [9.17, 15) is 9.90 Å². The van der Waals surface area contributed by atoms with Crippen molar-refractivity contribution < 1.29 is 9.90 Å². The summed E-state index contributed by atoms with van der Waals surface area (Å²) in [6.45, 7) is 4.76. The first-order valence-electron chi connectivity index (χ1n) is 5.54. The van der Waals surface area contributed by atoms with E-state index in [2.05, 4.69) is 11.8 Å². The molecule has 15 heavy (non-hydrogen) atoms. The van der Waals surface area contributed by atoms with Crippen LogP contribution >= 0.6 is 0 Å². The Balaban J connectivity index is 1.86. The number of aliphatic hydroxyl groups is 1. The lowest BCUT2D eigenvalue weighted by molar-refractivity contribution is -0.148. The van der Waals surface area contributed by atoms with Crippen LogP contribution < -0.4 is 0 Å². The fourth-order valence-electron chi connectivity index (χ4n) is 1.69.